The predicted octanol–water partition coefficient (Wildman–Crippen LogP) is 4.09. The first-order chi connectivity index (χ1) is 15.1. The van der Waals surface area contributed by atoms with Crippen molar-refractivity contribution in [3.05, 3.63) is 95.6 Å². The summed E-state index contributed by atoms with van der Waals surface area (Å²) in [4.78, 5) is 24.1. The molecule has 3 aromatic rings. The molecule has 0 spiro atoms. The van der Waals surface area contributed by atoms with Crippen molar-refractivity contribution in [3.63, 3.8) is 0 Å². The number of esters is 1. The molecular weight excluding hydrogens is 392 g/mol. The lowest BCUT2D eigenvalue weighted by atomic mass is 10.0. The number of benzene rings is 3. The fourth-order valence-electron chi connectivity index (χ4n) is 2.80. The lowest BCUT2D eigenvalue weighted by Crippen LogP contribution is -2.31. The Morgan fingerprint density at radius 1 is 0.935 bits per heavy atom. The molecule has 0 bridgehead atoms. The zero-order valence-electron chi connectivity index (χ0n) is 16.9. The van der Waals surface area contributed by atoms with Gasteiger partial charge < -0.3 is 14.8 Å². The molecular formula is C25H20N2O4. The quantitative estimate of drug-likeness (QED) is 0.273. The largest absolute Gasteiger partial charge is 0.497 e. The van der Waals surface area contributed by atoms with Gasteiger partial charge in [-0.05, 0) is 65.7 Å². The van der Waals surface area contributed by atoms with Crippen molar-refractivity contribution in [3.8, 4) is 17.6 Å². The molecule has 0 saturated heterocycles. The third-order valence-electron chi connectivity index (χ3n) is 4.35. The van der Waals surface area contributed by atoms with E-state index in [1.165, 1.54) is 0 Å². The van der Waals surface area contributed by atoms with Crippen LogP contribution < -0.4 is 14.8 Å². The minimum atomic E-state index is -0.596. The van der Waals surface area contributed by atoms with Crippen LogP contribution in [0.25, 0.3) is 11.6 Å². The van der Waals surface area contributed by atoms with Crippen molar-refractivity contribution in [2.24, 2.45) is 0 Å². The van der Waals surface area contributed by atoms with E-state index in [9.17, 15) is 14.9 Å². The molecule has 3 rings (SSSR count). The van der Waals surface area contributed by atoms with E-state index in [-0.39, 0.29) is 12.5 Å². The minimum absolute atomic E-state index is 0.261. The van der Waals surface area contributed by atoms with Gasteiger partial charge in [-0.3, -0.25) is 4.79 Å². The van der Waals surface area contributed by atoms with Gasteiger partial charge in [0.1, 0.15) is 18.0 Å². The average Bonchev–Trinajstić information content (AvgIpc) is 2.82. The second-order valence-electron chi connectivity index (χ2n) is 6.49. The average molecular weight is 412 g/mol. The van der Waals surface area contributed by atoms with E-state index in [1.54, 1.807) is 92.0 Å². The molecule has 6 heteroatoms. The fourth-order valence-corrected chi connectivity index (χ4v) is 2.80. The van der Waals surface area contributed by atoms with Gasteiger partial charge in [0, 0.05) is 5.56 Å². The molecule has 6 nitrogen and oxygen atoms in total. The molecule has 0 fully saturated rings. The van der Waals surface area contributed by atoms with Gasteiger partial charge in [-0.25, -0.2) is 4.79 Å². The molecule has 31 heavy (non-hydrogen) atoms. The molecule has 0 atom stereocenters. The lowest BCUT2D eigenvalue weighted by Gasteiger charge is -2.07. The summed E-state index contributed by atoms with van der Waals surface area (Å²) in [6, 6.07) is 24.8. The number of carbonyl (C=O) groups excluding carboxylic acids is 2. The maximum Gasteiger partial charge on any atom is 0.330 e. The number of hydrogen-bond donors (Lipinski definition) is 1. The normalized spacial score (nSPS) is 10.6. The number of ether oxygens (including phenoxy) is 2. The van der Waals surface area contributed by atoms with Crippen LogP contribution in [0.15, 0.2) is 78.9 Å². The molecule has 0 aromatic heterocycles. The summed E-state index contributed by atoms with van der Waals surface area (Å²) in [5, 5.41) is 12.0. The molecule has 1 N–H and O–H groups in total. The number of carbonyl (C=O) groups is 2. The summed E-state index contributed by atoms with van der Waals surface area (Å²) in [6.07, 6.45) is 1.70. The van der Waals surface area contributed by atoms with Gasteiger partial charge in [-0.2, -0.15) is 5.26 Å². The molecule has 1 amide bonds. The molecule has 0 aliphatic rings. The second-order valence-corrected chi connectivity index (χ2v) is 6.49. The van der Waals surface area contributed by atoms with E-state index >= 15 is 0 Å². The standard InChI is InChI=1S/C25H20N2O4/c1-30-22-12-10-19(11-13-22)21(16-26)14-18-6-5-9-23(15-18)31-24(28)17-27-25(29)20-7-3-2-4-8-20/h2-15H,17H2,1H3,(H,27,29)/b21-14-. The Morgan fingerprint density at radius 2 is 1.68 bits per heavy atom. The van der Waals surface area contributed by atoms with E-state index < -0.39 is 5.97 Å². The summed E-state index contributed by atoms with van der Waals surface area (Å²) >= 11 is 0. The maximum atomic E-state index is 12.1. The first-order valence-corrected chi connectivity index (χ1v) is 9.49. The van der Waals surface area contributed by atoms with Crippen LogP contribution in [-0.4, -0.2) is 25.5 Å². The first kappa shape index (κ1) is 21.3. The van der Waals surface area contributed by atoms with Gasteiger partial charge in [0.15, 0.2) is 0 Å². The highest BCUT2D eigenvalue weighted by Gasteiger charge is 2.10. The monoisotopic (exact) mass is 412 g/mol. The zero-order chi connectivity index (χ0) is 22.1. The SMILES string of the molecule is COc1ccc(/C(C#N)=C\c2cccc(OC(=O)CNC(=O)c3ccccc3)c2)cc1. The molecule has 0 aliphatic heterocycles. The molecule has 3 aromatic carbocycles. The molecule has 0 radical (unpaired) electrons. The third kappa shape index (κ3) is 6.05. The first-order valence-electron chi connectivity index (χ1n) is 9.49. The summed E-state index contributed by atoms with van der Waals surface area (Å²) in [5.74, 6) is 0.0718. The van der Waals surface area contributed by atoms with Crippen LogP contribution in [0.2, 0.25) is 0 Å². The van der Waals surface area contributed by atoms with Gasteiger partial charge in [-0.1, -0.05) is 30.3 Å². The topological polar surface area (TPSA) is 88.4 Å². The number of nitrogens with zero attached hydrogens (tertiary/aromatic N) is 1. The van der Waals surface area contributed by atoms with E-state index in [1.807, 2.05) is 0 Å². The van der Waals surface area contributed by atoms with Gasteiger partial charge in [0.05, 0.1) is 18.8 Å². The summed E-state index contributed by atoms with van der Waals surface area (Å²) in [6.45, 7) is -0.261. The third-order valence-corrected chi connectivity index (χ3v) is 4.35. The van der Waals surface area contributed by atoms with Crippen LogP contribution in [0.4, 0.5) is 0 Å². The van der Waals surface area contributed by atoms with Gasteiger partial charge in [0.25, 0.3) is 5.91 Å². The molecule has 0 aliphatic carbocycles. The zero-order valence-corrected chi connectivity index (χ0v) is 16.9. The molecule has 0 unspecified atom stereocenters. The Bertz CT molecular complexity index is 1130. The Kier molecular flexibility index (Phi) is 7.17. The van der Waals surface area contributed by atoms with E-state index in [4.69, 9.17) is 9.47 Å². The number of methoxy groups -OCH3 is 1. The van der Waals surface area contributed by atoms with Gasteiger partial charge >= 0.3 is 5.97 Å². The van der Waals surface area contributed by atoms with Crippen LogP contribution in [0.1, 0.15) is 21.5 Å². The van der Waals surface area contributed by atoms with Crippen molar-refractivity contribution in [1.82, 2.24) is 5.32 Å². The van der Waals surface area contributed by atoms with Crippen LogP contribution in [0.5, 0.6) is 11.5 Å². The van der Waals surface area contributed by atoms with Gasteiger partial charge in [-0.15, -0.1) is 0 Å². The molecule has 154 valence electrons. The summed E-state index contributed by atoms with van der Waals surface area (Å²) in [7, 11) is 1.58. The number of amides is 1. The number of nitrogens with one attached hydrogen (secondary N) is 1. The predicted molar refractivity (Wildman–Crippen MR) is 117 cm³/mol. The van der Waals surface area contributed by atoms with Crippen LogP contribution in [0, 0.1) is 11.3 Å². The van der Waals surface area contributed by atoms with Crippen LogP contribution >= 0.6 is 0 Å². The van der Waals surface area contributed by atoms with Gasteiger partial charge in [0.2, 0.25) is 0 Å². The highest BCUT2D eigenvalue weighted by atomic mass is 16.5. The highest BCUT2D eigenvalue weighted by Crippen LogP contribution is 2.22. The van der Waals surface area contributed by atoms with Crippen LogP contribution in [-0.2, 0) is 4.79 Å². The number of hydrogen-bond acceptors (Lipinski definition) is 5. The van der Waals surface area contributed by atoms with Crippen LogP contribution in [0.3, 0.4) is 0 Å². The number of allylic oxidation sites excluding steroid dienone is 1. The lowest BCUT2D eigenvalue weighted by molar-refractivity contribution is -0.133. The fraction of sp³-hybridized carbons (Fsp3) is 0.0800. The van der Waals surface area contributed by atoms with Crippen molar-refractivity contribution in [2.45, 2.75) is 0 Å². The molecule has 0 saturated carbocycles. The van der Waals surface area contributed by atoms with Crippen molar-refractivity contribution in [1.29, 1.82) is 5.26 Å². The van der Waals surface area contributed by atoms with Crippen molar-refractivity contribution < 1.29 is 19.1 Å². The summed E-state index contributed by atoms with van der Waals surface area (Å²) in [5.41, 5.74) is 2.37. The van der Waals surface area contributed by atoms with E-state index in [0.717, 1.165) is 5.56 Å². The molecule has 0 heterocycles. The number of rotatable bonds is 7. The minimum Gasteiger partial charge on any atom is -0.497 e. The van der Waals surface area contributed by atoms with E-state index in [0.29, 0.717) is 28.2 Å². The smallest absolute Gasteiger partial charge is 0.330 e. The number of nitriles is 1. The van der Waals surface area contributed by atoms with Crippen molar-refractivity contribution >= 4 is 23.5 Å². The second kappa shape index (κ2) is 10.4. The van der Waals surface area contributed by atoms with E-state index in [2.05, 4.69) is 11.4 Å². The maximum absolute atomic E-state index is 12.1. The Hall–Kier alpha value is -4.37. The van der Waals surface area contributed by atoms with Crippen molar-refractivity contribution in [2.75, 3.05) is 13.7 Å². The Morgan fingerprint density at radius 3 is 2.35 bits per heavy atom. The Balaban J connectivity index is 1.65. The summed E-state index contributed by atoms with van der Waals surface area (Å²) < 4.78 is 10.4. The highest BCUT2D eigenvalue weighted by molar-refractivity contribution is 5.96. The Labute approximate surface area is 180 Å².